The summed E-state index contributed by atoms with van der Waals surface area (Å²) in [6, 6.07) is 4.96. The van der Waals surface area contributed by atoms with E-state index in [1.807, 2.05) is 0 Å². The average molecular weight is 235 g/mol. The number of aromatic carboxylic acids is 1. The summed E-state index contributed by atoms with van der Waals surface area (Å²) in [6.45, 7) is 1.07. The standard InChI is InChI=1S/C11H13N3O3/c15-10-4-8(6-13-10)12-5-7-2-1-3-9(14-7)11(16)17/h1-3,8,12H,4-6H2,(H,13,15)(H,16,17). The molecule has 1 unspecified atom stereocenters. The molecule has 1 fully saturated rings. The minimum atomic E-state index is -1.04. The fourth-order valence-electron chi connectivity index (χ4n) is 1.70. The van der Waals surface area contributed by atoms with Crippen molar-refractivity contribution < 1.29 is 14.7 Å². The van der Waals surface area contributed by atoms with Gasteiger partial charge in [-0.3, -0.25) is 4.79 Å². The van der Waals surface area contributed by atoms with Gasteiger partial charge in [0.05, 0.1) is 5.69 Å². The molecule has 1 aromatic heterocycles. The highest BCUT2D eigenvalue weighted by atomic mass is 16.4. The largest absolute Gasteiger partial charge is 0.477 e. The van der Waals surface area contributed by atoms with Gasteiger partial charge in [0, 0.05) is 25.6 Å². The minimum Gasteiger partial charge on any atom is -0.477 e. The van der Waals surface area contributed by atoms with Gasteiger partial charge in [0.2, 0.25) is 5.91 Å². The molecule has 2 rings (SSSR count). The summed E-state index contributed by atoms with van der Waals surface area (Å²) in [5, 5.41) is 14.7. The number of hydrogen-bond donors (Lipinski definition) is 3. The number of rotatable bonds is 4. The summed E-state index contributed by atoms with van der Waals surface area (Å²) < 4.78 is 0. The molecule has 0 saturated carbocycles. The first-order valence-corrected chi connectivity index (χ1v) is 5.34. The first-order valence-electron chi connectivity index (χ1n) is 5.34. The molecule has 0 bridgehead atoms. The van der Waals surface area contributed by atoms with Crippen molar-refractivity contribution in [2.24, 2.45) is 0 Å². The van der Waals surface area contributed by atoms with Gasteiger partial charge >= 0.3 is 5.97 Å². The van der Waals surface area contributed by atoms with Crippen LogP contribution in [-0.4, -0.2) is 34.6 Å². The van der Waals surface area contributed by atoms with Gasteiger partial charge in [-0.1, -0.05) is 6.07 Å². The average Bonchev–Trinajstić information content (AvgIpc) is 2.73. The van der Waals surface area contributed by atoms with Crippen molar-refractivity contribution in [3.05, 3.63) is 29.6 Å². The van der Waals surface area contributed by atoms with Crippen molar-refractivity contribution in [3.8, 4) is 0 Å². The van der Waals surface area contributed by atoms with Crippen LogP contribution in [-0.2, 0) is 11.3 Å². The summed E-state index contributed by atoms with van der Waals surface area (Å²) in [6.07, 6.45) is 0.457. The van der Waals surface area contributed by atoms with E-state index in [0.717, 1.165) is 0 Å². The number of carbonyl (C=O) groups excluding carboxylic acids is 1. The first kappa shape index (κ1) is 11.5. The van der Waals surface area contributed by atoms with Gasteiger partial charge in [-0.2, -0.15) is 0 Å². The van der Waals surface area contributed by atoms with Crippen LogP contribution in [0.25, 0.3) is 0 Å². The number of carboxylic acid groups (broad SMARTS) is 1. The van der Waals surface area contributed by atoms with Crippen LogP contribution in [0.5, 0.6) is 0 Å². The minimum absolute atomic E-state index is 0.0323. The molecule has 0 aliphatic carbocycles. The molecule has 1 aliphatic rings. The summed E-state index contributed by atoms with van der Waals surface area (Å²) in [5.74, 6) is -1.00. The fraction of sp³-hybridized carbons (Fsp3) is 0.364. The second-order valence-electron chi connectivity index (χ2n) is 3.91. The second kappa shape index (κ2) is 4.92. The number of pyridine rings is 1. The lowest BCUT2D eigenvalue weighted by Crippen LogP contribution is -2.30. The molecule has 0 spiro atoms. The predicted molar refractivity (Wildman–Crippen MR) is 59.5 cm³/mol. The van der Waals surface area contributed by atoms with E-state index < -0.39 is 5.97 Å². The van der Waals surface area contributed by atoms with E-state index >= 15 is 0 Å². The number of hydrogen-bond acceptors (Lipinski definition) is 4. The second-order valence-corrected chi connectivity index (χ2v) is 3.91. The summed E-state index contributed by atoms with van der Waals surface area (Å²) >= 11 is 0. The van der Waals surface area contributed by atoms with E-state index in [1.165, 1.54) is 6.07 Å². The maximum atomic E-state index is 11.0. The Morgan fingerprint density at radius 3 is 3.06 bits per heavy atom. The Balaban J connectivity index is 1.92. The van der Waals surface area contributed by atoms with Crippen molar-refractivity contribution >= 4 is 11.9 Å². The van der Waals surface area contributed by atoms with Crippen LogP contribution in [0.4, 0.5) is 0 Å². The Hall–Kier alpha value is -1.95. The number of nitrogens with zero attached hydrogens (tertiary/aromatic N) is 1. The van der Waals surface area contributed by atoms with E-state index in [0.29, 0.717) is 25.2 Å². The summed E-state index contributed by atoms with van der Waals surface area (Å²) in [5.41, 5.74) is 0.689. The molecule has 90 valence electrons. The first-order chi connectivity index (χ1) is 8.15. The van der Waals surface area contributed by atoms with Crippen LogP contribution < -0.4 is 10.6 Å². The van der Waals surface area contributed by atoms with Gasteiger partial charge in [-0.15, -0.1) is 0 Å². The SMILES string of the molecule is O=C1CC(NCc2cccc(C(=O)O)n2)CN1. The molecule has 17 heavy (non-hydrogen) atoms. The van der Waals surface area contributed by atoms with Crippen molar-refractivity contribution in [2.45, 2.75) is 19.0 Å². The van der Waals surface area contributed by atoms with E-state index in [-0.39, 0.29) is 17.6 Å². The Morgan fingerprint density at radius 2 is 2.41 bits per heavy atom. The van der Waals surface area contributed by atoms with Crippen LogP contribution in [0.3, 0.4) is 0 Å². The van der Waals surface area contributed by atoms with Gasteiger partial charge in [0.25, 0.3) is 0 Å². The third-order valence-corrected chi connectivity index (χ3v) is 2.58. The third-order valence-electron chi connectivity index (χ3n) is 2.58. The molecule has 1 atom stereocenters. The molecule has 2 heterocycles. The van der Waals surface area contributed by atoms with Crippen molar-refractivity contribution in [2.75, 3.05) is 6.54 Å². The van der Waals surface area contributed by atoms with Gasteiger partial charge in [0.1, 0.15) is 5.69 Å². The zero-order chi connectivity index (χ0) is 12.3. The Morgan fingerprint density at radius 1 is 1.59 bits per heavy atom. The van der Waals surface area contributed by atoms with Crippen molar-refractivity contribution in [1.82, 2.24) is 15.6 Å². The molecule has 1 amide bonds. The monoisotopic (exact) mass is 235 g/mol. The van der Waals surface area contributed by atoms with Crippen LogP contribution in [0.1, 0.15) is 22.6 Å². The predicted octanol–water partition coefficient (Wildman–Crippen LogP) is -0.242. The maximum Gasteiger partial charge on any atom is 0.354 e. The third kappa shape index (κ3) is 3.01. The lowest BCUT2D eigenvalue weighted by atomic mass is 10.2. The molecule has 6 heteroatoms. The number of carboxylic acids is 1. The smallest absolute Gasteiger partial charge is 0.354 e. The van der Waals surface area contributed by atoms with Gasteiger partial charge in [-0.25, -0.2) is 9.78 Å². The molecular weight excluding hydrogens is 222 g/mol. The lowest BCUT2D eigenvalue weighted by Gasteiger charge is -2.09. The number of nitrogens with one attached hydrogen (secondary N) is 2. The van der Waals surface area contributed by atoms with E-state index in [1.54, 1.807) is 12.1 Å². The number of aromatic nitrogens is 1. The Bertz CT molecular complexity index is 447. The molecular formula is C11H13N3O3. The summed E-state index contributed by atoms with van der Waals surface area (Å²) in [4.78, 5) is 25.7. The fourth-order valence-corrected chi connectivity index (χ4v) is 1.70. The van der Waals surface area contributed by atoms with Gasteiger partial charge < -0.3 is 15.7 Å². The maximum absolute atomic E-state index is 11.0. The molecule has 1 saturated heterocycles. The molecule has 3 N–H and O–H groups in total. The highest BCUT2D eigenvalue weighted by molar-refractivity contribution is 5.85. The Kier molecular flexibility index (Phi) is 3.34. The van der Waals surface area contributed by atoms with Crippen LogP contribution in [0.15, 0.2) is 18.2 Å². The van der Waals surface area contributed by atoms with Crippen LogP contribution in [0, 0.1) is 0 Å². The Labute approximate surface area is 98.1 Å². The lowest BCUT2D eigenvalue weighted by molar-refractivity contribution is -0.119. The van der Waals surface area contributed by atoms with E-state index in [4.69, 9.17) is 5.11 Å². The zero-order valence-corrected chi connectivity index (χ0v) is 9.14. The number of carbonyl (C=O) groups is 2. The zero-order valence-electron chi connectivity index (χ0n) is 9.14. The van der Waals surface area contributed by atoms with Crippen LogP contribution >= 0.6 is 0 Å². The van der Waals surface area contributed by atoms with E-state index in [9.17, 15) is 9.59 Å². The number of amides is 1. The van der Waals surface area contributed by atoms with Gasteiger partial charge in [0.15, 0.2) is 0 Å². The van der Waals surface area contributed by atoms with Gasteiger partial charge in [-0.05, 0) is 12.1 Å². The summed E-state index contributed by atoms with van der Waals surface area (Å²) in [7, 11) is 0. The van der Waals surface area contributed by atoms with Crippen molar-refractivity contribution in [1.29, 1.82) is 0 Å². The van der Waals surface area contributed by atoms with Crippen LogP contribution in [0.2, 0.25) is 0 Å². The molecule has 0 aromatic carbocycles. The highest BCUT2D eigenvalue weighted by Crippen LogP contribution is 2.03. The topological polar surface area (TPSA) is 91.3 Å². The highest BCUT2D eigenvalue weighted by Gasteiger charge is 2.20. The molecule has 0 radical (unpaired) electrons. The van der Waals surface area contributed by atoms with Crippen molar-refractivity contribution in [3.63, 3.8) is 0 Å². The quantitative estimate of drug-likeness (QED) is 0.670. The molecule has 6 nitrogen and oxygen atoms in total. The van der Waals surface area contributed by atoms with E-state index in [2.05, 4.69) is 15.6 Å². The molecule has 1 aromatic rings. The normalized spacial score (nSPS) is 19.1. The molecule has 1 aliphatic heterocycles.